The Kier molecular flexibility index (Phi) is 3.95. The van der Waals surface area contributed by atoms with Gasteiger partial charge in [-0.1, -0.05) is 45.7 Å². The molecule has 2 aromatic rings. The molecule has 0 spiro atoms. The number of thioether (sulfide) groups is 1. The van der Waals surface area contributed by atoms with E-state index in [9.17, 15) is 0 Å². The van der Waals surface area contributed by atoms with Gasteiger partial charge in [-0.05, 0) is 41.6 Å². The fourth-order valence-corrected chi connectivity index (χ4v) is 3.07. The smallest absolute Gasteiger partial charge is 0.0423 e. The van der Waals surface area contributed by atoms with Crippen molar-refractivity contribution < 1.29 is 0 Å². The molecule has 0 saturated carbocycles. The van der Waals surface area contributed by atoms with Gasteiger partial charge in [0.2, 0.25) is 0 Å². The summed E-state index contributed by atoms with van der Waals surface area (Å²) in [7, 11) is 0. The lowest BCUT2D eigenvalue weighted by Crippen LogP contribution is -1.82. The molecule has 0 nitrogen and oxygen atoms in total. The van der Waals surface area contributed by atoms with E-state index in [1.54, 1.807) is 11.8 Å². The number of halogens is 2. The summed E-state index contributed by atoms with van der Waals surface area (Å²) in [5, 5.41) is 0.750. The minimum Gasteiger partial charge on any atom is -0.129 e. The van der Waals surface area contributed by atoms with Crippen molar-refractivity contribution in [1.82, 2.24) is 0 Å². The highest BCUT2D eigenvalue weighted by Gasteiger charge is 2.05. The summed E-state index contributed by atoms with van der Waals surface area (Å²) in [6.45, 7) is 0. The largest absolute Gasteiger partial charge is 0.129 e. The van der Waals surface area contributed by atoms with Gasteiger partial charge in [0.05, 0.1) is 0 Å². The zero-order valence-corrected chi connectivity index (χ0v) is 11.9. The van der Waals surface area contributed by atoms with Gasteiger partial charge in [0.15, 0.2) is 0 Å². The fourth-order valence-electron chi connectivity index (χ4n) is 1.59. The highest BCUT2D eigenvalue weighted by atomic mass is 79.9. The zero-order chi connectivity index (χ0) is 11.5. The minimum absolute atomic E-state index is 0.750. The van der Waals surface area contributed by atoms with E-state index in [1.807, 2.05) is 18.2 Å². The maximum Gasteiger partial charge on any atom is 0.0423 e. The van der Waals surface area contributed by atoms with Crippen LogP contribution in [0.1, 0.15) is 0 Å². The normalized spacial score (nSPS) is 10.4. The first kappa shape index (κ1) is 12.0. The molecule has 0 N–H and O–H groups in total. The first-order chi connectivity index (χ1) is 7.70. The van der Waals surface area contributed by atoms with Crippen molar-refractivity contribution in [2.45, 2.75) is 4.90 Å². The second kappa shape index (κ2) is 5.26. The molecule has 0 bridgehead atoms. The average Bonchev–Trinajstić information content (AvgIpc) is 2.27. The minimum atomic E-state index is 0.750. The van der Waals surface area contributed by atoms with E-state index >= 15 is 0 Å². The van der Waals surface area contributed by atoms with E-state index in [4.69, 9.17) is 11.6 Å². The third-order valence-corrected chi connectivity index (χ3v) is 3.75. The maximum atomic E-state index is 6.06. The van der Waals surface area contributed by atoms with E-state index in [2.05, 4.69) is 46.5 Å². The lowest BCUT2D eigenvalue weighted by Gasteiger charge is -2.08. The van der Waals surface area contributed by atoms with Crippen LogP contribution in [0.5, 0.6) is 0 Å². The van der Waals surface area contributed by atoms with Gasteiger partial charge in [0, 0.05) is 14.4 Å². The second-order valence-electron chi connectivity index (χ2n) is 3.36. The Bertz CT molecular complexity index is 491. The van der Waals surface area contributed by atoms with Gasteiger partial charge in [-0.15, -0.1) is 11.8 Å². The van der Waals surface area contributed by atoms with Gasteiger partial charge < -0.3 is 0 Å². The topological polar surface area (TPSA) is 0 Å². The summed E-state index contributed by atoms with van der Waals surface area (Å²) in [5.41, 5.74) is 2.36. The van der Waals surface area contributed by atoms with Gasteiger partial charge in [-0.2, -0.15) is 0 Å². The van der Waals surface area contributed by atoms with Crippen molar-refractivity contribution in [3.8, 4) is 11.1 Å². The molecule has 0 aromatic heterocycles. The SMILES string of the molecule is CSc1ccccc1-c1cc(Cl)cc(Br)c1. The molecule has 0 radical (unpaired) electrons. The molecule has 0 heterocycles. The molecule has 0 aliphatic carbocycles. The summed E-state index contributed by atoms with van der Waals surface area (Å²) < 4.78 is 1.01. The van der Waals surface area contributed by atoms with Gasteiger partial charge in [-0.25, -0.2) is 0 Å². The molecule has 0 fully saturated rings. The first-order valence-corrected chi connectivity index (χ1v) is 7.20. The quantitative estimate of drug-likeness (QED) is 0.660. The third-order valence-electron chi connectivity index (χ3n) is 2.28. The third kappa shape index (κ3) is 2.62. The van der Waals surface area contributed by atoms with E-state index in [0.717, 1.165) is 15.1 Å². The van der Waals surface area contributed by atoms with Crippen LogP contribution in [0.2, 0.25) is 5.02 Å². The number of hydrogen-bond donors (Lipinski definition) is 0. The predicted octanol–water partition coefficient (Wildman–Crippen LogP) is 5.49. The van der Waals surface area contributed by atoms with Crippen molar-refractivity contribution in [1.29, 1.82) is 0 Å². The monoisotopic (exact) mass is 312 g/mol. The Balaban J connectivity index is 2.58. The van der Waals surface area contributed by atoms with E-state index in [-0.39, 0.29) is 0 Å². The van der Waals surface area contributed by atoms with Crippen LogP contribution >= 0.6 is 39.3 Å². The highest BCUT2D eigenvalue weighted by Crippen LogP contribution is 2.33. The van der Waals surface area contributed by atoms with Crippen molar-refractivity contribution in [3.05, 3.63) is 52.0 Å². The van der Waals surface area contributed by atoms with Crippen LogP contribution in [0.15, 0.2) is 51.8 Å². The molecule has 0 aliphatic rings. The Morgan fingerprint density at radius 1 is 1.12 bits per heavy atom. The lowest BCUT2D eigenvalue weighted by molar-refractivity contribution is 1.44. The van der Waals surface area contributed by atoms with Crippen LogP contribution in [-0.2, 0) is 0 Å². The van der Waals surface area contributed by atoms with Crippen LogP contribution in [-0.4, -0.2) is 6.26 Å². The molecular weight excluding hydrogens is 304 g/mol. The summed E-state index contributed by atoms with van der Waals surface area (Å²) in [6.07, 6.45) is 2.08. The standard InChI is InChI=1S/C13H10BrClS/c1-16-13-5-3-2-4-12(13)9-6-10(14)8-11(15)7-9/h2-8H,1H3. The Hall–Kier alpha value is -0.440. The van der Waals surface area contributed by atoms with Crippen LogP contribution in [0.3, 0.4) is 0 Å². The summed E-state index contributed by atoms with van der Waals surface area (Å²) >= 11 is 11.3. The maximum absolute atomic E-state index is 6.06. The number of benzene rings is 2. The number of hydrogen-bond acceptors (Lipinski definition) is 1. The number of rotatable bonds is 2. The predicted molar refractivity (Wildman–Crippen MR) is 76.4 cm³/mol. The molecule has 0 saturated heterocycles. The van der Waals surface area contributed by atoms with Crippen molar-refractivity contribution in [2.24, 2.45) is 0 Å². The molecule has 2 rings (SSSR count). The Morgan fingerprint density at radius 2 is 1.88 bits per heavy atom. The molecule has 0 unspecified atom stereocenters. The average molecular weight is 314 g/mol. The van der Waals surface area contributed by atoms with Gasteiger partial charge >= 0.3 is 0 Å². The van der Waals surface area contributed by atoms with Crippen molar-refractivity contribution >= 4 is 39.3 Å². The van der Waals surface area contributed by atoms with E-state index < -0.39 is 0 Å². The molecule has 16 heavy (non-hydrogen) atoms. The van der Waals surface area contributed by atoms with Gasteiger partial charge in [0.1, 0.15) is 0 Å². The van der Waals surface area contributed by atoms with E-state index in [1.165, 1.54) is 10.5 Å². The summed E-state index contributed by atoms with van der Waals surface area (Å²) in [5.74, 6) is 0. The molecule has 82 valence electrons. The van der Waals surface area contributed by atoms with Gasteiger partial charge in [0.25, 0.3) is 0 Å². The Labute approximate surface area is 113 Å². The zero-order valence-electron chi connectivity index (χ0n) is 8.71. The van der Waals surface area contributed by atoms with Crippen LogP contribution in [0, 0.1) is 0 Å². The molecule has 3 heteroatoms. The van der Waals surface area contributed by atoms with Gasteiger partial charge in [-0.3, -0.25) is 0 Å². The van der Waals surface area contributed by atoms with Crippen molar-refractivity contribution in [2.75, 3.05) is 6.26 Å². The fraction of sp³-hybridized carbons (Fsp3) is 0.0769. The van der Waals surface area contributed by atoms with Crippen LogP contribution in [0.4, 0.5) is 0 Å². The summed E-state index contributed by atoms with van der Waals surface area (Å²) in [4.78, 5) is 1.26. The lowest BCUT2D eigenvalue weighted by atomic mass is 10.1. The molecule has 0 atom stereocenters. The second-order valence-corrected chi connectivity index (χ2v) is 5.56. The molecule has 0 amide bonds. The molecule has 2 aromatic carbocycles. The van der Waals surface area contributed by atoms with Crippen molar-refractivity contribution in [3.63, 3.8) is 0 Å². The first-order valence-electron chi connectivity index (χ1n) is 4.80. The highest BCUT2D eigenvalue weighted by molar-refractivity contribution is 9.10. The summed E-state index contributed by atoms with van der Waals surface area (Å²) in [6, 6.07) is 14.3. The Morgan fingerprint density at radius 3 is 2.56 bits per heavy atom. The van der Waals surface area contributed by atoms with Crippen LogP contribution < -0.4 is 0 Å². The van der Waals surface area contributed by atoms with Crippen LogP contribution in [0.25, 0.3) is 11.1 Å². The molecule has 0 aliphatic heterocycles. The molecular formula is C13H10BrClS. The van der Waals surface area contributed by atoms with E-state index in [0.29, 0.717) is 0 Å².